The summed E-state index contributed by atoms with van der Waals surface area (Å²) >= 11 is 7.66. The molecule has 5 rings (SSSR count). The third-order valence-electron chi connectivity index (χ3n) is 6.96. The minimum absolute atomic E-state index is 0.0299. The van der Waals surface area contributed by atoms with Crippen molar-refractivity contribution in [3.8, 4) is 0 Å². The predicted molar refractivity (Wildman–Crippen MR) is 148 cm³/mol. The molecule has 2 aliphatic rings. The molecule has 0 saturated heterocycles. The second-order valence-corrected chi connectivity index (χ2v) is 11.1. The van der Waals surface area contributed by atoms with Gasteiger partial charge >= 0.3 is 0 Å². The van der Waals surface area contributed by atoms with Crippen LogP contribution >= 0.6 is 23.4 Å². The lowest BCUT2D eigenvalue weighted by Gasteiger charge is -2.30. The van der Waals surface area contributed by atoms with Gasteiger partial charge in [-0.2, -0.15) is 0 Å². The highest BCUT2D eigenvalue weighted by Crippen LogP contribution is 2.42. The highest BCUT2D eigenvalue weighted by atomic mass is 35.5. The monoisotopic (exact) mass is 516 g/mol. The zero-order chi connectivity index (χ0) is 25.1. The first-order valence-electron chi connectivity index (χ1n) is 12.4. The Bertz CT molecular complexity index is 1300. The van der Waals surface area contributed by atoms with Crippen molar-refractivity contribution >= 4 is 46.9 Å². The van der Waals surface area contributed by atoms with E-state index >= 15 is 0 Å². The summed E-state index contributed by atoms with van der Waals surface area (Å²) in [6.45, 7) is 2.65. The topological polar surface area (TPSA) is 49.4 Å². The molecule has 0 bridgehead atoms. The number of hydrogen-bond donors (Lipinski definition) is 1. The molecule has 4 nitrogen and oxygen atoms in total. The number of thioether (sulfide) groups is 1. The quantitative estimate of drug-likeness (QED) is 0.361. The van der Waals surface area contributed by atoms with Crippen molar-refractivity contribution in [2.75, 3.05) is 4.90 Å². The van der Waals surface area contributed by atoms with E-state index in [1.54, 1.807) is 4.90 Å². The average Bonchev–Trinajstić information content (AvgIpc) is 2.88. The summed E-state index contributed by atoms with van der Waals surface area (Å²) < 4.78 is 0. The number of hydrogen-bond acceptors (Lipinski definition) is 3. The summed E-state index contributed by atoms with van der Waals surface area (Å²) in [7, 11) is 0. The molecule has 0 radical (unpaired) electrons. The molecular weight excluding hydrogens is 488 g/mol. The molecule has 3 aromatic rings. The highest BCUT2D eigenvalue weighted by Gasteiger charge is 2.29. The van der Waals surface area contributed by atoms with Gasteiger partial charge in [0.05, 0.1) is 17.1 Å². The number of benzene rings is 3. The molecule has 3 aromatic carbocycles. The summed E-state index contributed by atoms with van der Waals surface area (Å²) in [5.41, 5.74) is 3.40. The van der Waals surface area contributed by atoms with Gasteiger partial charge in [-0.25, -0.2) is 0 Å². The van der Waals surface area contributed by atoms with Crippen molar-refractivity contribution < 1.29 is 9.59 Å². The number of rotatable bonds is 5. The Kier molecular flexibility index (Phi) is 7.49. The maximum atomic E-state index is 13.5. The van der Waals surface area contributed by atoms with E-state index in [0.29, 0.717) is 28.0 Å². The van der Waals surface area contributed by atoms with E-state index in [1.165, 1.54) is 31.0 Å². The van der Waals surface area contributed by atoms with Crippen LogP contribution in [0, 0.1) is 5.92 Å². The fraction of sp³-hybridized carbons (Fsp3) is 0.267. The Balaban J connectivity index is 1.35. The second kappa shape index (κ2) is 10.9. The fourth-order valence-electron chi connectivity index (χ4n) is 4.90. The number of para-hydroxylation sites is 1. The molecule has 0 aromatic heterocycles. The van der Waals surface area contributed by atoms with Crippen LogP contribution in [-0.2, 0) is 11.3 Å². The fourth-order valence-corrected chi connectivity index (χ4v) is 6.17. The smallest absolute Gasteiger partial charge is 0.265 e. The van der Waals surface area contributed by atoms with Crippen molar-refractivity contribution in [3.05, 3.63) is 99.4 Å². The number of fused-ring (bicyclic) bond motifs is 1. The normalized spacial score (nSPS) is 20.8. The zero-order valence-corrected chi connectivity index (χ0v) is 21.8. The van der Waals surface area contributed by atoms with Crippen LogP contribution in [0.2, 0.25) is 5.02 Å². The maximum absolute atomic E-state index is 13.5. The van der Waals surface area contributed by atoms with Crippen LogP contribution in [0.5, 0.6) is 0 Å². The van der Waals surface area contributed by atoms with Crippen LogP contribution in [0.4, 0.5) is 5.69 Å². The van der Waals surface area contributed by atoms with Gasteiger partial charge in [-0.05, 0) is 72.4 Å². The standard InChI is InChI=1S/C30H29ClN2O2S/c1-20-7-2-3-10-25(20)32-29(34)23-15-13-21(14-16-23)18-28-30(35)33(19-22-8-6-9-24(31)17-22)26-11-4-5-12-27(26)36-28/h4-6,8-9,11-18,20,25H,2-3,7,10,19H2,1H3,(H,32,34). The largest absolute Gasteiger partial charge is 0.349 e. The van der Waals surface area contributed by atoms with Gasteiger partial charge in [-0.3, -0.25) is 9.59 Å². The molecule has 2 amide bonds. The number of halogens is 1. The Labute approximate surface area is 221 Å². The molecule has 1 aliphatic heterocycles. The highest BCUT2D eigenvalue weighted by molar-refractivity contribution is 8.04. The Morgan fingerprint density at radius 1 is 1.06 bits per heavy atom. The minimum Gasteiger partial charge on any atom is -0.349 e. The van der Waals surface area contributed by atoms with Gasteiger partial charge in [0, 0.05) is 21.5 Å². The molecule has 0 spiro atoms. The molecule has 6 heteroatoms. The molecule has 1 N–H and O–H groups in total. The summed E-state index contributed by atoms with van der Waals surface area (Å²) in [5, 5.41) is 3.86. The lowest BCUT2D eigenvalue weighted by molar-refractivity contribution is -0.114. The zero-order valence-electron chi connectivity index (χ0n) is 20.2. The first-order chi connectivity index (χ1) is 17.5. The van der Waals surface area contributed by atoms with Gasteiger partial charge in [-0.15, -0.1) is 0 Å². The average molecular weight is 517 g/mol. The van der Waals surface area contributed by atoms with Gasteiger partial charge in [0.2, 0.25) is 0 Å². The molecule has 1 aliphatic carbocycles. The summed E-state index contributed by atoms with van der Waals surface area (Å²) in [6, 6.07) is 23.3. The van der Waals surface area contributed by atoms with Gasteiger partial charge in [0.15, 0.2) is 0 Å². The van der Waals surface area contributed by atoms with Gasteiger partial charge in [-0.1, -0.05) is 79.5 Å². The van der Waals surface area contributed by atoms with E-state index < -0.39 is 0 Å². The number of carbonyl (C=O) groups excluding carboxylic acids is 2. The first-order valence-corrected chi connectivity index (χ1v) is 13.6. The van der Waals surface area contributed by atoms with Crippen molar-refractivity contribution in [3.63, 3.8) is 0 Å². The molecule has 1 fully saturated rings. The molecule has 2 atom stereocenters. The molecule has 2 unspecified atom stereocenters. The van der Waals surface area contributed by atoms with E-state index in [9.17, 15) is 9.59 Å². The van der Waals surface area contributed by atoms with Crippen molar-refractivity contribution in [1.29, 1.82) is 0 Å². The van der Waals surface area contributed by atoms with Crippen LogP contribution in [-0.4, -0.2) is 17.9 Å². The maximum Gasteiger partial charge on any atom is 0.265 e. The Morgan fingerprint density at radius 2 is 1.83 bits per heavy atom. The van der Waals surface area contributed by atoms with E-state index in [0.717, 1.165) is 28.1 Å². The van der Waals surface area contributed by atoms with E-state index in [1.807, 2.05) is 78.9 Å². The van der Waals surface area contributed by atoms with E-state index in [-0.39, 0.29) is 17.9 Å². The number of nitrogens with zero attached hydrogens (tertiary/aromatic N) is 1. The van der Waals surface area contributed by atoms with Crippen molar-refractivity contribution in [2.45, 2.75) is 50.1 Å². The molecule has 36 heavy (non-hydrogen) atoms. The number of anilines is 1. The first kappa shape index (κ1) is 24.7. The second-order valence-electron chi connectivity index (χ2n) is 9.56. The number of carbonyl (C=O) groups is 2. The van der Waals surface area contributed by atoms with Gasteiger partial charge in [0.25, 0.3) is 11.8 Å². The molecular formula is C30H29ClN2O2S. The summed E-state index contributed by atoms with van der Waals surface area (Å²) in [6.07, 6.45) is 6.53. The molecule has 1 saturated carbocycles. The SMILES string of the molecule is CC1CCCCC1NC(=O)c1ccc(C=C2Sc3ccccc3N(Cc3cccc(Cl)c3)C2=O)cc1. The van der Waals surface area contributed by atoms with Crippen molar-refractivity contribution in [2.24, 2.45) is 5.92 Å². The summed E-state index contributed by atoms with van der Waals surface area (Å²) in [5.74, 6) is 0.434. The summed E-state index contributed by atoms with van der Waals surface area (Å²) in [4.78, 5) is 29.8. The van der Waals surface area contributed by atoms with E-state index in [4.69, 9.17) is 11.6 Å². The van der Waals surface area contributed by atoms with Crippen LogP contribution in [0.3, 0.4) is 0 Å². The van der Waals surface area contributed by atoms with Crippen LogP contribution in [0.1, 0.15) is 54.1 Å². The van der Waals surface area contributed by atoms with Crippen LogP contribution in [0.15, 0.2) is 82.6 Å². The van der Waals surface area contributed by atoms with Gasteiger partial charge < -0.3 is 10.2 Å². The Morgan fingerprint density at radius 3 is 2.61 bits per heavy atom. The predicted octanol–water partition coefficient (Wildman–Crippen LogP) is 7.33. The van der Waals surface area contributed by atoms with Gasteiger partial charge in [0.1, 0.15) is 0 Å². The molecule has 1 heterocycles. The lowest BCUT2D eigenvalue weighted by atomic mass is 9.86. The van der Waals surface area contributed by atoms with E-state index in [2.05, 4.69) is 12.2 Å². The third-order valence-corrected chi connectivity index (χ3v) is 8.27. The number of amides is 2. The van der Waals surface area contributed by atoms with Crippen LogP contribution < -0.4 is 10.2 Å². The van der Waals surface area contributed by atoms with Crippen molar-refractivity contribution in [1.82, 2.24) is 5.32 Å². The van der Waals surface area contributed by atoms with Crippen LogP contribution in [0.25, 0.3) is 6.08 Å². The molecule has 184 valence electrons. The number of nitrogens with one attached hydrogen (secondary N) is 1. The third kappa shape index (κ3) is 5.53. The Hall–Kier alpha value is -3.02. The minimum atomic E-state index is -0.0493. The lowest BCUT2D eigenvalue weighted by Crippen LogP contribution is -2.41.